The van der Waals surface area contributed by atoms with Crippen LogP contribution in [0.1, 0.15) is 32.8 Å². The zero-order valence-corrected chi connectivity index (χ0v) is 12.8. The second-order valence-corrected chi connectivity index (χ2v) is 7.46. The molecule has 0 amide bonds. The molecule has 0 radical (unpaired) electrons. The summed E-state index contributed by atoms with van der Waals surface area (Å²) in [6.07, 6.45) is 3.75. The van der Waals surface area contributed by atoms with Gasteiger partial charge in [0.15, 0.2) is 0 Å². The number of hydrogen-bond donors (Lipinski definition) is 2. The fourth-order valence-electron chi connectivity index (χ4n) is 1.50. The molecule has 0 bridgehead atoms. The molecule has 1 rings (SSSR count). The van der Waals surface area contributed by atoms with Crippen molar-refractivity contribution >= 4 is 15.8 Å². The molecule has 0 saturated heterocycles. The minimum atomic E-state index is -3.08. The van der Waals surface area contributed by atoms with Crippen LogP contribution in [0.2, 0.25) is 0 Å². The van der Waals surface area contributed by atoms with E-state index < -0.39 is 10.0 Å². The molecule has 0 saturated carbocycles. The Labute approximate surface area is 115 Å². The monoisotopic (exact) mass is 285 g/mol. The van der Waals surface area contributed by atoms with Crippen molar-refractivity contribution in [2.45, 2.75) is 32.6 Å². The highest BCUT2D eigenvalue weighted by Crippen LogP contribution is 2.21. The Hall–Kier alpha value is -1.14. The summed E-state index contributed by atoms with van der Waals surface area (Å²) in [5, 5.41) is 3.16. The zero-order chi connectivity index (χ0) is 14.5. The van der Waals surface area contributed by atoms with Crippen LogP contribution in [-0.2, 0) is 15.4 Å². The molecule has 1 heterocycles. The first-order valence-corrected chi connectivity index (χ1v) is 8.23. The minimum absolute atomic E-state index is 0.102. The lowest BCUT2D eigenvalue weighted by atomic mass is 9.88. The minimum Gasteiger partial charge on any atom is -0.370 e. The molecule has 5 nitrogen and oxygen atoms in total. The standard InChI is InChI=1S/C13H23N3O2S/c1-13(2,3)11-6-7-12(15-10-11)14-8-5-9-16-19(4,17)18/h6-7,10,16H,5,8-9H2,1-4H3,(H,14,15). The predicted molar refractivity (Wildman–Crippen MR) is 78.9 cm³/mol. The topological polar surface area (TPSA) is 71.1 Å². The molecule has 0 unspecified atom stereocenters. The molecule has 0 atom stereocenters. The van der Waals surface area contributed by atoms with Gasteiger partial charge >= 0.3 is 0 Å². The molecule has 0 fully saturated rings. The van der Waals surface area contributed by atoms with Crippen LogP contribution in [0.15, 0.2) is 18.3 Å². The highest BCUT2D eigenvalue weighted by molar-refractivity contribution is 7.88. The molecule has 1 aromatic heterocycles. The van der Waals surface area contributed by atoms with Crippen molar-refractivity contribution in [2.75, 3.05) is 24.7 Å². The summed E-state index contributed by atoms with van der Waals surface area (Å²) in [6, 6.07) is 4.01. The van der Waals surface area contributed by atoms with Gasteiger partial charge in [-0.2, -0.15) is 0 Å². The maximum absolute atomic E-state index is 10.9. The third kappa shape index (κ3) is 6.54. The van der Waals surface area contributed by atoms with E-state index in [2.05, 4.69) is 41.9 Å². The Morgan fingerprint density at radius 3 is 2.37 bits per heavy atom. The summed E-state index contributed by atoms with van der Waals surface area (Å²) in [7, 11) is -3.08. The van der Waals surface area contributed by atoms with E-state index >= 15 is 0 Å². The third-order valence-electron chi connectivity index (χ3n) is 2.65. The number of nitrogens with one attached hydrogen (secondary N) is 2. The summed E-state index contributed by atoms with van der Waals surface area (Å²) in [6.45, 7) is 7.56. The lowest BCUT2D eigenvalue weighted by Crippen LogP contribution is -2.24. The van der Waals surface area contributed by atoms with Crippen molar-refractivity contribution < 1.29 is 8.42 Å². The van der Waals surface area contributed by atoms with Gasteiger partial charge in [0.05, 0.1) is 6.26 Å². The fraction of sp³-hybridized carbons (Fsp3) is 0.615. The normalized spacial score (nSPS) is 12.4. The van der Waals surface area contributed by atoms with Gasteiger partial charge in [0.1, 0.15) is 5.82 Å². The van der Waals surface area contributed by atoms with E-state index in [4.69, 9.17) is 0 Å². The molecular formula is C13H23N3O2S. The molecule has 0 aliphatic rings. The van der Waals surface area contributed by atoms with E-state index in [-0.39, 0.29) is 5.41 Å². The first-order chi connectivity index (χ1) is 8.68. The molecule has 2 N–H and O–H groups in total. The molecule has 0 aromatic carbocycles. The Morgan fingerprint density at radius 2 is 1.89 bits per heavy atom. The first-order valence-electron chi connectivity index (χ1n) is 6.33. The molecule has 19 heavy (non-hydrogen) atoms. The molecule has 0 aliphatic heterocycles. The van der Waals surface area contributed by atoms with Gasteiger partial charge in [-0.25, -0.2) is 18.1 Å². The fourth-order valence-corrected chi connectivity index (χ4v) is 2.02. The number of aromatic nitrogens is 1. The van der Waals surface area contributed by atoms with E-state index in [9.17, 15) is 8.42 Å². The van der Waals surface area contributed by atoms with Gasteiger partial charge in [-0.05, 0) is 23.5 Å². The van der Waals surface area contributed by atoms with Crippen LogP contribution in [0.25, 0.3) is 0 Å². The van der Waals surface area contributed by atoms with Crippen LogP contribution in [0.5, 0.6) is 0 Å². The van der Waals surface area contributed by atoms with Gasteiger partial charge in [-0.1, -0.05) is 26.8 Å². The summed E-state index contributed by atoms with van der Waals surface area (Å²) in [4.78, 5) is 4.34. The predicted octanol–water partition coefficient (Wildman–Crippen LogP) is 1.73. The van der Waals surface area contributed by atoms with Crippen molar-refractivity contribution in [1.82, 2.24) is 9.71 Å². The molecule has 6 heteroatoms. The molecule has 0 aliphatic carbocycles. The molecule has 0 spiro atoms. The van der Waals surface area contributed by atoms with Crippen LogP contribution < -0.4 is 10.0 Å². The number of anilines is 1. The van der Waals surface area contributed by atoms with Gasteiger partial charge in [-0.15, -0.1) is 0 Å². The smallest absolute Gasteiger partial charge is 0.208 e. The summed E-state index contributed by atoms with van der Waals surface area (Å²) >= 11 is 0. The van der Waals surface area contributed by atoms with Gasteiger partial charge in [-0.3, -0.25) is 0 Å². The Morgan fingerprint density at radius 1 is 1.21 bits per heavy atom. The Kier molecular flexibility index (Phi) is 5.31. The average molecular weight is 285 g/mol. The van der Waals surface area contributed by atoms with Crippen molar-refractivity contribution in [3.63, 3.8) is 0 Å². The Bertz CT molecular complexity index is 490. The van der Waals surface area contributed by atoms with Crippen LogP contribution in [-0.4, -0.2) is 32.7 Å². The number of nitrogens with zero attached hydrogens (tertiary/aromatic N) is 1. The van der Waals surface area contributed by atoms with E-state index in [1.54, 1.807) is 0 Å². The highest BCUT2D eigenvalue weighted by Gasteiger charge is 2.13. The van der Waals surface area contributed by atoms with Crippen LogP contribution >= 0.6 is 0 Å². The lowest BCUT2D eigenvalue weighted by Gasteiger charge is -2.18. The number of hydrogen-bond acceptors (Lipinski definition) is 4. The van der Waals surface area contributed by atoms with E-state index in [1.807, 2.05) is 12.3 Å². The number of rotatable bonds is 6. The SMILES string of the molecule is CC(C)(C)c1ccc(NCCCNS(C)(=O)=O)nc1. The van der Waals surface area contributed by atoms with Crippen molar-refractivity contribution in [1.29, 1.82) is 0 Å². The number of sulfonamides is 1. The lowest BCUT2D eigenvalue weighted by molar-refractivity contribution is 0.586. The van der Waals surface area contributed by atoms with E-state index in [0.717, 1.165) is 18.5 Å². The Balaban J connectivity index is 2.35. The van der Waals surface area contributed by atoms with Crippen LogP contribution in [0.4, 0.5) is 5.82 Å². The largest absolute Gasteiger partial charge is 0.370 e. The van der Waals surface area contributed by atoms with Crippen molar-refractivity contribution in [3.8, 4) is 0 Å². The van der Waals surface area contributed by atoms with Crippen molar-refractivity contribution in [2.24, 2.45) is 0 Å². The third-order valence-corrected chi connectivity index (χ3v) is 3.38. The second-order valence-electron chi connectivity index (χ2n) is 5.63. The van der Waals surface area contributed by atoms with Gasteiger partial charge in [0, 0.05) is 19.3 Å². The van der Waals surface area contributed by atoms with Gasteiger partial charge in [0.25, 0.3) is 0 Å². The van der Waals surface area contributed by atoms with E-state index in [0.29, 0.717) is 13.1 Å². The quantitative estimate of drug-likeness (QED) is 0.781. The first kappa shape index (κ1) is 15.9. The zero-order valence-electron chi connectivity index (χ0n) is 12.0. The van der Waals surface area contributed by atoms with Crippen molar-refractivity contribution in [3.05, 3.63) is 23.9 Å². The second kappa shape index (κ2) is 6.34. The molecular weight excluding hydrogens is 262 g/mol. The van der Waals surface area contributed by atoms with Crippen LogP contribution in [0.3, 0.4) is 0 Å². The van der Waals surface area contributed by atoms with Gasteiger partial charge < -0.3 is 5.32 Å². The maximum atomic E-state index is 10.9. The maximum Gasteiger partial charge on any atom is 0.208 e. The summed E-state index contributed by atoms with van der Waals surface area (Å²) in [5.41, 5.74) is 1.29. The van der Waals surface area contributed by atoms with E-state index in [1.165, 1.54) is 5.56 Å². The highest BCUT2D eigenvalue weighted by atomic mass is 32.2. The molecule has 108 valence electrons. The van der Waals surface area contributed by atoms with Crippen LogP contribution in [0, 0.1) is 0 Å². The molecule has 1 aromatic rings. The average Bonchev–Trinajstić information content (AvgIpc) is 2.26. The van der Waals surface area contributed by atoms with Gasteiger partial charge in [0.2, 0.25) is 10.0 Å². The number of pyridine rings is 1. The summed E-state index contributed by atoms with van der Waals surface area (Å²) < 4.78 is 24.2. The summed E-state index contributed by atoms with van der Waals surface area (Å²) in [5.74, 6) is 0.812.